The monoisotopic (exact) mass is 566 g/mol. The van der Waals surface area contributed by atoms with E-state index in [1.54, 1.807) is 31.4 Å². The average Bonchev–Trinajstić information content (AvgIpc) is 3.46. The molecule has 1 aliphatic carbocycles. The SMILES string of the molecule is CC[C@]12C=CCN3CC[C@@]4(c5ccc(OC)cc5N(C)[C@H]4C(O)(COC(=O)c4ccc(Cl)cc4)[C@@H]1OC(C)=O)[C@@H]32. The minimum atomic E-state index is -1.74. The quantitative estimate of drug-likeness (QED) is 0.415. The molecule has 3 aliphatic heterocycles. The lowest BCUT2D eigenvalue weighted by Crippen LogP contribution is -2.80. The molecule has 9 heteroatoms. The van der Waals surface area contributed by atoms with Crippen molar-refractivity contribution in [2.45, 2.75) is 55.9 Å². The van der Waals surface area contributed by atoms with Crippen LogP contribution in [-0.4, -0.2) is 79.6 Å². The predicted octanol–water partition coefficient (Wildman–Crippen LogP) is 3.98. The van der Waals surface area contributed by atoms with Gasteiger partial charge < -0.3 is 24.2 Å². The first kappa shape index (κ1) is 27.1. The number of likely N-dealkylation sites (N-methyl/N-ethyl adjacent to an activating group) is 1. The Morgan fingerprint density at radius 1 is 1.15 bits per heavy atom. The maximum atomic E-state index is 13.2. The molecule has 0 aromatic heterocycles. The van der Waals surface area contributed by atoms with Gasteiger partial charge in [-0.25, -0.2) is 4.79 Å². The number of carbonyl (C=O) groups is 2. The van der Waals surface area contributed by atoms with Gasteiger partial charge in [-0.3, -0.25) is 9.69 Å². The van der Waals surface area contributed by atoms with Gasteiger partial charge in [0.25, 0.3) is 0 Å². The van der Waals surface area contributed by atoms with Crippen LogP contribution in [0, 0.1) is 5.41 Å². The van der Waals surface area contributed by atoms with Crippen LogP contribution in [0.2, 0.25) is 5.02 Å². The molecule has 1 saturated heterocycles. The molecule has 1 spiro atoms. The van der Waals surface area contributed by atoms with Crippen LogP contribution in [0.15, 0.2) is 54.6 Å². The Kier molecular flexibility index (Phi) is 6.44. The summed E-state index contributed by atoms with van der Waals surface area (Å²) in [6.45, 7) is 4.70. The van der Waals surface area contributed by atoms with Crippen LogP contribution in [0.3, 0.4) is 0 Å². The molecule has 6 atom stereocenters. The van der Waals surface area contributed by atoms with E-state index in [2.05, 4.69) is 34.9 Å². The third-order valence-electron chi connectivity index (χ3n) is 9.73. The fraction of sp³-hybridized carbons (Fsp3) is 0.484. The molecule has 0 radical (unpaired) electrons. The second-order valence-electron chi connectivity index (χ2n) is 11.5. The van der Waals surface area contributed by atoms with E-state index in [4.69, 9.17) is 25.8 Å². The van der Waals surface area contributed by atoms with Gasteiger partial charge in [0.2, 0.25) is 0 Å². The van der Waals surface area contributed by atoms with Crippen molar-refractivity contribution in [3.8, 4) is 5.75 Å². The fourth-order valence-electron chi connectivity index (χ4n) is 8.46. The Morgan fingerprint density at radius 2 is 1.90 bits per heavy atom. The first-order valence-corrected chi connectivity index (χ1v) is 14.2. The molecule has 1 N–H and O–H groups in total. The third kappa shape index (κ3) is 3.58. The smallest absolute Gasteiger partial charge is 0.338 e. The minimum Gasteiger partial charge on any atom is -0.497 e. The standard InChI is InChI=1S/C31H35ClN2O6/c1-5-29-13-6-15-34-16-14-30(26(29)34)23-12-11-22(38-4)17-24(23)33(3)27(30)31(37,28(29)40-19(2)35)18-39-25(36)20-7-9-21(32)10-8-20/h6-13,17,26-28,37H,5,14-16,18H2,1-4H3/t26-,27+,28+,29+,30+,31?/m0/s1. The van der Waals surface area contributed by atoms with Crippen molar-refractivity contribution in [1.29, 1.82) is 0 Å². The molecule has 0 amide bonds. The fourth-order valence-corrected chi connectivity index (χ4v) is 8.59. The van der Waals surface area contributed by atoms with E-state index in [0.29, 0.717) is 17.0 Å². The van der Waals surface area contributed by atoms with Gasteiger partial charge in [-0.15, -0.1) is 0 Å². The minimum absolute atomic E-state index is 0.0336. The van der Waals surface area contributed by atoms with E-state index in [-0.39, 0.29) is 12.6 Å². The third-order valence-corrected chi connectivity index (χ3v) is 9.98. The molecule has 1 saturated carbocycles. The summed E-state index contributed by atoms with van der Waals surface area (Å²) in [4.78, 5) is 30.4. The largest absolute Gasteiger partial charge is 0.497 e. The Hall–Kier alpha value is -3.07. The van der Waals surface area contributed by atoms with E-state index in [1.807, 2.05) is 19.2 Å². The molecule has 2 fully saturated rings. The lowest BCUT2D eigenvalue weighted by atomic mass is 9.48. The molecule has 2 aromatic carbocycles. The summed E-state index contributed by atoms with van der Waals surface area (Å²) in [6, 6.07) is 11.9. The highest BCUT2D eigenvalue weighted by Crippen LogP contribution is 2.67. The molecule has 4 aliphatic rings. The van der Waals surface area contributed by atoms with Crippen LogP contribution in [0.25, 0.3) is 0 Å². The van der Waals surface area contributed by atoms with Crippen molar-refractivity contribution in [3.05, 3.63) is 70.8 Å². The summed E-state index contributed by atoms with van der Waals surface area (Å²) in [5, 5.41) is 13.5. The number of rotatable bonds is 6. The number of nitrogens with zero attached hydrogens (tertiary/aromatic N) is 2. The summed E-state index contributed by atoms with van der Waals surface area (Å²) in [7, 11) is 3.59. The van der Waals surface area contributed by atoms with E-state index >= 15 is 0 Å². The van der Waals surface area contributed by atoms with Crippen LogP contribution in [0.1, 0.15) is 42.6 Å². The zero-order valence-electron chi connectivity index (χ0n) is 23.2. The summed E-state index contributed by atoms with van der Waals surface area (Å²) < 4.78 is 17.6. The average molecular weight is 567 g/mol. The zero-order valence-corrected chi connectivity index (χ0v) is 24.0. The number of fused-ring (bicyclic) bond motifs is 1. The first-order valence-electron chi connectivity index (χ1n) is 13.8. The van der Waals surface area contributed by atoms with Crippen molar-refractivity contribution < 1.29 is 28.9 Å². The molecular weight excluding hydrogens is 532 g/mol. The molecule has 6 rings (SSSR count). The number of hydrogen-bond donors (Lipinski definition) is 1. The highest BCUT2D eigenvalue weighted by molar-refractivity contribution is 6.30. The number of hydrogen-bond acceptors (Lipinski definition) is 8. The van der Waals surface area contributed by atoms with Crippen molar-refractivity contribution >= 4 is 29.2 Å². The maximum Gasteiger partial charge on any atom is 0.338 e. The Labute approximate surface area is 239 Å². The van der Waals surface area contributed by atoms with E-state index in [0.717, 1.165) is 36.5 Å². The van der Waals surface area contributed by atoms with Crippen LogP contribution in [-0.2, 0) is 19.7 Å². The molecule has 0 bridgehead atoms. The van der Waals surface area contributed by atoms with Gasteiger partial charge in [0.15, 0.2) is 5.60 Å². The molecule has 1 unspecified atom stereocenters. The zero-order chi connectivity index (χ0) is 28.4. The predicted molar refractivity (Wildman–Crippen MR) is 151 cm³/mol. The van der Waals surface area contributed by atoms with Crippen molar-refractivity contribution in [2.75, 3.05) is 38.8 Å². The van der Waals surface area contributed by atoms with Gasteiger partial charge in [0.1, 0.15) is 18.5 Å². The number of methoxy groups -OCH3 is 1. The Bertz CT molecular complexity index is 1380. The summed E-state index contributed by atoms with van der Waals surface area (Å²) in [6.07, 6.45) is 4.72. The summed E-state index contributed by atoms with van der Waals surface area (Å²) >= 11 is 6.01. The second kappa shape index (κ2) is 9.50. The lowest BCUT2D eigenvalue weighted by Gasteiger charge is -2.64. The van der Waals surface area contributed by atoms with Gasteiger partial charge in [-0.1, -0.05) is 36.7 Å². The molecule has 3 heterocycles. The van der Waals surface area contributed by atoms with Gasteiger partial charge >= 0.3 is 11.9 Å². The number of carbonyl (C=O) groups excluding carboxylic acids is 2. The second-order valence-corrected chi connectivity index (χ2v) is 12.0. The van der Waals surface area contributed by atoms with Crippen molar-refractivity contribution in [3.63, 3.8) is 0 Å². The topological polar surface area (TPSA) is 88.5 Å². The van der Waals surface area contributed by atoms with Gasteiger partial charge in [0.05, 0.1) is 18.7 Å². The number of benzene rings is 2. The normalized spacial score (nSPS) is 33.6. The van der Waals surface area contributed by atoms with Gasteiger partial charge in [-0.2, -0.15) is 0 Å². The van der Waals surface area contributed by atoms with Crippen LogP contribution >= 0.6 is 11.6 Å². The van der Waals surface area contributed by atoms with E-state index < -0.39 is 40.5 Å². The molecule has 212 valence electrons. The number of anilines is 1. The van der Waals surface area contributed by atoms with Crippen molar-refractivity contribution in [1.82, 2.24) is 4.90 Å². The van der Waals surface area contributed by atoms with Crippen LogP contribution in [0.4, 0.5) is 5.69 Å². The van der Waals surface area contributed by atoms with Crippen LogP contribution in [0.5, 0.6) is 5.75 Å². The molecular formula is C31H35ClN2O6. The summed E-state index contributed by atoms with van der Waals surface area (Å²) in [5.74, 6) is -0.355. The molecule has 2 aromatic rings. The molecule has 8 nitrogen and oxygen atoms in total. The van der Waals surface area contributed by atoms with Crippen molar-refractivity contribution in [2.24, 2.45) is 5.41 Å². The van der Waals surface area contributed by atoms with Gasteiger partial charge in [0, 0.05) is 54.2 Å². The van der Waals surface area contributed by atoms with Crippen LogP contribution < -0.4 is 9.64 Å². The van der Waals surface area contributed by atoms with E-state index in [9.17, 15) is 14.7 Å². The summed E-state index contributed by atoms with van der Waals surface area (Å²) in [5.41, 5.74) is -0.542. The van der Waals surface area contributed by atoms with E-state index in [1.165, 1.54) is 6.92 Å². The number of aliphatic hydroxyl groups is 1. The Morgan fingerprint density at radius 3 is 2.58 bits per heavy atom. The highest BCUT2D eigenvalue weighted by Gasteiger charge is 2.78. The lowest BCUT2D eigenvalue weighted by molar-refractivity contribution is -0.228. The maximum absolute atomic E-state index is 13.2. The highest BCUT2D eigenvalue weighted by atomic mass is 35.5. The number of ether oxygens (including phenoxy) is 3. The number of esters is 2. The molecule has 40 heavy (non-hydrogen) atoms. The first-order chi connectivity index (χ1) is 19.1. The number of halogens is 1. The Balaban J connectivity index is 1.53. The van der Waals surface area contributed by atoms with Gasteiger partial charge in [-0.05, 0) is 55.3 Å².